The highest BCUT2D eigenvalue weighted by Crippen LogP contribution is 2.41. The van der Waals surface area contributed by atoms with Gasteiger partial charge in [-0.25, -0.2) is 4.79 Å². The Kier molecular flexibility index (Phi) is 19.6. The van der Waals surface area contributed by atoms with Crippen molar-refractivity contribution in [3.63, 3.8) is 0 Å². The van der Waals surface area contributed by atoms with Crippen molar-refractivity contribution >= 4 is 17.8 Å². The van der Waals surface area contributed by atoms with Crippen LogP contribution in [0.2, 0.25) is 0 Å². The number of methoxy groups -OCH3 is 1. The fourth-order valence-corrected chi connectivity index (χ4v) is 9.69. The van der Waals surface area contributed by atoms with E-state index in [0.29, 0.717) is 6.42 Å². The first-order valence-electron chi connectivity index (χ1n) is 23.0. The van der Waals surface area contributed by atoms with Gasteiger partial charge in [-0.05, 0) is 80.5 Å². The number of cyclic esters (lactones) is 1. The van der Waals surface area contributed by atoms with Crippen molar-refractivity contribution in [2.75, 3.05) is 34.4 Å². The number of hydrogen-bond acceptors (Lipinski definition) is 17. The summed E-state index contributed by atoms with van der Waals surface area (Å²) in [6.07, 6.45) is -10.6. The third-order valence-corrected chi connectivity index (χ3v) is 13.7. The predicted octanol–water partition coefficient (Wildman–Crippen LogP) is 3.52. The van der Waals surface area contributed by atoms with Crippen molar-refractivity contribution in [1.82, 2.24) is 10.2 Å². The lowest BCUT2D eigenvalue weighted by Crippen LogP contribution is -2.61. The second kappa shape index (κ2) is 23.3. The average Bonchev–Trinajstić information content (AvgIpc) is 3.25. The molecule has 18 atom stereocenters. The number of nitrogens with one attached hydrogen (secondary N) is 1. The van der Waals surface area contributed by atoms with Crippen LogP contribution in [0.4, 0.5) is 4.79 Å². The lowest BCUT2D eigenvalue weighted by molar-refractivity contribution is -0.317. The third-order valence-electron chi connectivity index (χ3n) is 13.7. The van der Waals surface area contributed by atoms with Crippen molar-refractivity contribution < 1.29 is 73.1 Å². The fourth-order valence-electron chi connectivity index (χ4n) is 9.69. The number of carbonyl (C=O) groups excluding carboxylic acids is 2. The largest absolute Gasteiger partial charge is 0.459 e. The molecular weight excluding hydrogens is 847 g/mol. The molecule has 4 rings (SSSR count). The van der Waals surface area contributed by atoms with Crippen molar-refractivity contribution in [3.8, 4) is 0 Å². The summed E-state index contributed by atoms with van der Waals surface area (Å²) in [5.74, 6) is -4.33. The minimum atomic E-state index is -2.01. The van der Waals surface area contributed by atoms with E-state index < -0.39 is 108 Å². The zero-order valence-electron chi connectivity index (χ0n) is 40.7. The second-order valence-electron chi connectivity index (χ2n) is 19.4. The summed E-state index contributed by atoms with van der Waals surface area (Å²) in [4.78, 5) is 34.5. The number of aliphatic hydroxyl groups excluding tert-OH is 3. The van der Waals surface area contributed by atoms with Crippen LogP contribution in [0.15, 0.2) is 35.5 Å². The summed E-state index contributed by atoms with van der Waals surface area (Å²) >= 11 is 0. The molecule has 1 amide bonds. The minimum Gasteiger partial charge on any atom is -0.459 e. The molecule has 3 saturated heterocycles. The van der Waals surface area contributed by atoms with Crippen LogP contribution in [0.25, 0.3) is 0 Å². The van der Waals surface area contributed by atoms with Crippen LogP contribution < -0.4 is 5.32 Å². The molecule has 0 unspecified atom stereocenters. The second-order valence-corrected chi connectivity index (χ2v) is 19.4. The maximum absolute atomic E-state index is 14.4. The summed E-state index contributed by atoms with van der Waals surface area (Å²) in [5, 5.41) is 66.7. The maximum Gasteiger partial charge on any atom is 0.407 e. The average molecular weight is 926 g/mol. The molecule has 1 aromatic carbocycles. The molecule has 3 fully saturated rings. The van der Waals surface area contributed by atoms with Crippen LogP contribution >= 0.6 is 0 Å². The number of hydrogen-bond donors (Lipinski definition) is 6. The molecule has 3 aliphatic rings. The van der Waals surface area contributed by atoms with Crippen LogP contribution in [0.3, 0.4) is 0 Å². The number of nitrogens with zero attached hydrogens (tertiary/aromatic N) is 2. The Morgan fingerprint density at radius 2 is 1.60 bits per heavy atom. The van der Waals surface area contributed by atoms with Gasteiger partial charge < -0.3 is 73.7 Å². The van der Waals surface area contributed by atoms with Gasteiger partial charge in [0.05, 0.1) is 59.9 Å². The van der Waals surface area contributed by atoms with Crippen LogP contribution in [-0.4, -0.2) is 167 Å². The Balaban J connectivity index is 1.75. The number of carbonyl (C=O) groups is 2. The van der Waals surface area contributed by atoms with E-state index >= 15 is 0 Å². The van der Waals surface area contributed by atoms with Crippen LogP contribution in [0, 0.1) is 23.7 Å². The van der Waals surface area contributed by atoms with E-state index in [-0.39, 0.29) is 56.9 Å². The molecule has 18 nitrogen and oxygen atoms in total. The molecule has 0 saturated carbocycles. The molecular formula is C47H79N3O15. The molecule has 0 radical (unpaired) electrons. The van der Waals surface area contributed by atoms with Gasteiger partial charge in [0.2, 0.25) is 0 Å². The predicted molar refractivity (Wildman–Crippen MR) is 239 cm³/mol. The topological polar surface area (TPSA) is 237 Å². The van der Waals surface area contributed by atoms with Gasteiger partial charge in [0.25, 0.3) is 0 Å². The zero-order valence-corrected chi connectivity index (χ0v) is 40.7. The van der Waals surface area contributed by atoms with E-state index in [1.807, 2.05) is 56.3 Å². The van der Waals surface area contributed by atoms with E-state index in [2.05, 4.69) is 10.5 Å². The molecule has 3 aliphatic heterocycles. The number of rotatable bonds is 13. The molecule has 0 bridgehead atoms. The Morgan fingerprint density at radius 1 is 0.938 bits per heavy atom. The van der Waals surface area contributed by atoms with E-state index in [1.54, 1.807) is 55.4 Å². The van der Waals surface area contributed by atoms with Crippen LogP contribution in [-0.2, 0) is 49.4 Å². The van der Waals surface area contributed by atoms with Gasteiger partial charge >= 0.3 is 12.1 Å². The summed E-state index contributed by atoms with van der Waals surface area (Å²) < 4.78 is 43.1. The van der Waals surface area contributed by atoms with Crippen molar-refractivity contribution in [3.05, 3.63) is 35.9 Å². The van der Waals surface area contributed by atoms with E-state index in [4.69, 9.17) is 38.0 Å². The molecule has 65 heavy (non-hydrogen) atoms. The molecule has 3 heterocycles. The highest BCUT2D eigenvalue weighted by molar-refractivity contribution is 5.88. The Bertz CT molecular complexity index is 1680. The zero-order chi connectivity index (χ0) is 48.6. The van der Waals surface area contributed by atoms with Crippen molar-refractivity contribution in [2.45, 2.75) is 186 Å². The van der Waals surface area contributed by atoms with Gasteiger partial charge in [-0.2, -0.15) is 0 Å². The standard InChI is InChI=1S/C47H79N3O15/c1-14-34-47(10,57)39(52)28(4)36(49-60-21-20-48-44(55)59-25-32-18-16-15-17-19-32)26(2)23-45(8,56)41(65-43-37(51)33(50(11)12)22-27(3)61-43)29(5)38(30(6)42(54)63-34)64-35-24-46(9,58-13)40(53)31(7)62-35/h15-19,26-31,33-35,37-41,43,51-53,56-57H,14,20-25H2,1-13H3,(H,48,55)/b49-36-/t26-,27-,28+,29+,30-,31+,33+,34-,35+,37-,38+,39-,40+,41-,43+,45-,46-,47-/m1/s1. The monoisotopic (exact) mass is 926 g/mol. The SMILES string of the molecule is CC[C@H]1OC(=O)[C@H](C)[C@@H](O[C@H]2C[C@@](C)(OC)[C@@H](O)[C@H](C)O2)[C@H](C)[C@@H](O[C@@H]2O[C@H](C)C[C@H](N(C)C)[C@H]2O)[C@](C)(O)C[C@@H](C)/C(=N/OCCNC(=O)OCc2ccccc2)[C@H](C)[C@@H](O)[C@]1(C)O. The van der Waals surface area contributed by atoms with Crippen LogP contribution in [0.5, 0.6) is 0 Å². The molecule has 6 N–H and O–H groups in total. The molecule has 18 heteroatoms. The minimum absolute atomic E-state index is 0.0219. The summed E-state index contributed by atoms with van der Waals surface area (Å²) in [6.45, 7) is 16.8. The lowest BCUT2D eigenvalue weighted by Gasteiger charge is -2.49. The number of benzene rings is 1. The smallest absolute Gasteiger partial charge is 0.407 e. The summed E-state index contributed by atoms with van der Waals surface area (Å²) in [7, 11) is 5.19. The summed E-state index contributed by atoms with van der Waals surface area (Å²) in [5.41, 5.74) is -3.82. The number of likely N-dealkylation sites (N-methyl/N-ethyl adjacent to an activating group) is 1. The maximum atomic E-state index is 14.4. The lowest BCUT2D eigenvalue weighted by atomic mass is 9.73. The molecule has 0 aliphatic carbocycles. The number of esters is 1. The highest BCUT2D eigenvalue weighted by atomic mass is 16.7. The number of amides is 1. The number of oxime groups is 1. The van der Waals surface area contributed by atoms with Gasteiger partial charge in [0.1, 0.15) is 37.1 Å². The van der Waals surface area contributed by atoms with E-state index in [0.717, 1.165) is 5.56 Å². The third kappa shape index (κ3) is 13.6. The van der Waals surface area contributed by atoms with Gasteiger partial charge in [-0.1, -0.05) is 63.2 Å². The molecule has 0 spiro atoms. The highest BCUT2D eigenvalue weighted by Gasteiger charge is 2.53. The number of aliphatic hydroxyl groups is 5. The van der Waals surface area contributed by atoms with Gasteiger partial charge in [-0.15, -0.1) is 0 Å². The van der Waals surface area contributed by atoms with Crippen molar-refractivity contribution in [1.29, 1.82) is 0 Å². The normalized spacial score (nSPS) is 41.9. The van der Waals surface area contributed by atoms with Gasteiger partial charge in [0.15, 0.2) is 12.6 Å². The Hall–Kier alpha value is -3.01. The summed E-state index contributed by atoms with van der Waals surface area (Å²) in [6, 6.07) is 8.87. The molecule has 0 aromatic heterocycles. The Labute approximate surface area is 385 Å². The quantitative estimate of drug-likeness (QED) is 0.0943. The van der Waals surface area contributed by atoms with E-state index in [1.165, 1.54) is 14.0 Å². The van der Waals surface area contributed by atoms with E-state index in [9.17, 15) is 35.1 Å². The van der Waals surface area contributed by atoms with Gasteiger partial charge in [0, 0.05) is 37.3 Å². The number of ether oxygens (including phenoxy) is 7. The first-order valence-corrected chi connectivity index (χ1v) is 23.0. The first kappa shape index (κ1) is 54.6. The fraction of sp³-hybridized carbons (Fsp3) is 0.809. The van der Waals surface area contributed by atoms with Crippen molar-refractivity contribution in [2.24, 2.45) is 28.8 Å². The molecule has 1 aromatic rings. The van der Waals surface area contributed by atoms with Crippen LogP contribution in [0.1, 0.15) is 100 Å². The van der Waals surface area contributed by atoms with Gasteiger partial charge in [-0.3, -0.25) is 4.79 Å². The number of alkyl carbamates (subject to hydrolysis) is 1. The Morgan fingerprint density at radius 3 is 2.22 bits per heavy atom. The molecule has 372 valence electrons. The first-order chi connectivity index (χ1) is 30.4.